The van der Waals surface area contributed by atoms with Gasteiger partial charge in [-0.1, -0.05) is 0 Å². The summed E-state index contributed by atoms with van der Waals surface area (Å²) >= 11 is 0. The lowest BCUT2D eigenvalue weighted by atomic mass is 10.1. The van der Waals surface area contributed by atoms with Crippen molar-refractivity contribution in [2.75, 3.05) is 12.8 Å². The molecule has 1 aliphatic rings. The number of hydrogen-bond donors (Lipinski definition) is 4. The molecule has 1 aromatic carbocycles. The van der Waals surface area contributed by atoms with Crippen LogP contribution in [0.2, 0.25) is 0 Å². The van der Waals surface area contributed by atoms with Gasteiger partial charge in [-0.3, -0.25) is 14.7 Å². The van der Waals surface area contributed by atoms with Crippen molar-refractivity contribution in [2.24, 2.45) is 0 Å². The van der Waals surface area contributed by atoms with Gasteiger partial charge in [0.15, 0.2) is 0 Å². The van der Waals surface area contributed by atoms with Crippen molar-refractivity contribution in [3.63, 3.8) is 0 Å². The van der Waals surface area contributed by atoms with Crippen LogP contribution in [0.1, 0.15) is 16.8 Å². The summed E-state index contributed by atoms with van der Waals surface area (Å²) < 4.78 is 23.3. The first-order chi connectivity index (χ1) is 11.6. The molecule has 0 bridgehead atoms. The second-order valence-electron chi connectivity index (χ2n) is 5.99. The summed E-state index contributed by atoms with van der Waals surface area (Å²) in [5, 5.41) is 28.8. The molecule has 0 amide bonds. The molecule has 3 rings (SSSR count). The first-order valence-corrected chi connectivity index (χ1v) is 9.32. The molecule has 0 radical (unpaired) electrons. The number of H-pyrrole nitrogens is 1. The fraction of sp³-hybridized carbons (Fsp3) is 0.333. The largest absolute Gasteiger partial charge is 0.508 e. The number of aromatic amines is 1. The Morgan fingerprint density at radius 1 is 1.24 bits per heavy atom. The molecule has 2 aromatic rings. The van der Waals surface area contributed by atoms with Gasteiger partial charge in [0, 0.05) is 49.1 Å². The van der Waals surface area contributed by atoms with E-state index in [2.05, 4.69) is 9.97 Å². The van der Waals surface area contributed by atoms with Gasteiger partial charge >= 0.3 is 0 Å². The molecule has 134 valence electrons. The zero-order chi connectivity index (χ0) is 18.4. The molecule has 0 unspecified atom stereocenters. The molecule has 2 heterocycles. The second kappa shape index (κ2) is 6.05. The molecule has 0 saturated heterocycles. The third-order valence-electron chi connectivity index (χ3n) is 4.05. The van der Waals surface area contributed by atoms with E-state index in [0.717, 1.165) is 18.4 Å². The average Bonchev–Trinajstić information content (AvgIpc) is 2.49. The summed E-state index contributed by atoms with van der Waals surface area (Å²) in [7, 11) is -3.65. The van der Waals surface area contributed by atoms with E-state index in [9.17, 15) is 28.5 Å². The van der Waals surface area contributed by atoms with E-state index in [0.29, 0.717) is 24.2 Å². The minimum absolute atomic E-state index is 0.153. The van der Waals surface area contributed by atoms with E-state index in [4.69, 9.17) is 0 Å². The molecular formula is C15H17N3O6S. The predicted molar refractivity (Wildman–Crippen MR) is 87.2 cm³/mol. The highest BCUT2D eigenvalue weighted by Gasteiger charge is 2.24. The van der Waals surface area contributed by atoms with E-state index in [1.165, 1.54) is 0 Å². The Bertz CT molecular complexity index is 976. The molecule has 0 saturated carbocycles. The Morgan fingerprint density at radius 2 is 1.88 bits per heavy atom. The smallest absolute Gasteiger partial charge is 0.255 e. The quantitative estimate of drug-likeness (QED) is 0.548. The number of hydrogen-bond acceptors (Lipinski definition) is 8. The van der Waals surface area contributed by atoms with Crippen LogP contribution in [0.5, 0.6) is 17.2 Å². The molecule has 25 heavy (non-hydrogen) atoms. The predicted octanol–water partition coefficient (Wildman–Crippen LogP) is -0.152. The number of rotatable bonds is 3. The average molecular weight is 367 g/mol. The van der Waals surface area contributed by atoms with E-state index in [1.807, 2.05) is 4.90 Å². The van der Waals surface area contributed by atoms with Gasteiger partial charge in [0.25, 0.3) is 5.56 Å². The molecule has 9 nitrogen and oxygen atoms in total. The Labute approximate surface area is 143 Å². The SMILES string of the molecule is CS(=O)(=O)c1nc2c(c(=O)[nH]1)CCN(Cc1c(O)cc(O)cc1O)C2. The fourth-order valence-electron chi connectivity index (χ4n) is 2.79. The lowest BCUT2D eigenvalue weighted by Crippen LogP contribution is -2.35. The van der Waals surface area contributed by atoms with Gasteiger partial charge in [0.2, 0.25) is 15.0 Å². The zero-order valence-corrected chi connectivity index (χ0v) is 14.2. The maximum Gasteiger partial charge on any atom is 0.255 e. The number of phenolic OH excluding ortho intramolecular Hbond substituents is 3. The standard InChI is InChI=1S/C15H17N3O6S/c1-25(23,24)15-16-11-7-18(3-2-9(11)14(22)17-15)6-10-12(20)4-8(19)5-13(10)21/h4-5,19-21H,2-3,6-7H2,1H3,(H,16,17,22). The van der Waals surface area contributed by atoms with Crippen molar-refractivity contribution < 1.29 is 23.7 Å². The Morgan fingerprint density at radius 3 is 2.48 bits per heavy atom. The summed E-state index contributed by atoms with van der Waals surface area (Å²) in [6.45, 7) is 0.817. The summed E-state index contributed by atoms with van der Waals surface area (Å²) in [5.41, 5.74) is 0.547. The number of aromatic nitrogens is 2. The molecule has 1 aliphatic heterocycles. The van der Waals surface area contributed by atoms with Crippen LogP contribution in [0.25, 0.3) is 0 Å². The van der Waals surface area contributed by atoms with Crippen LogP contribution in [0.15, 0.2) is 22.1 Å². The minimum Gasteiger partial charge on any atom is -0.508 e. The first-order valence-electron chi connectivity index (χ1n) is 7.43. The van der Waals surface area contributed by atoms with Gasteiger partial charge in [-0.15, -0.1) is 0 Å². The van der Waals surface area contributed by atoms with E-state index in [1.54, 1.807) is 0 Å². The van der Waals surface area contributed by atoms with Crippen molar-refractivity contribution in [1.29, 1.82) is 0 Å². The number of fused-ring (bicyclic) bond motifs is 1. The number of nitrogens with one attached hydrogen (secondary N) is 1. The number of aromatic hydroxyl groups is 3. The fourth-order valence-corrected chi connectivity index (χ4v) is 3.35. The number of nitrogens with zero attached hydrogens (tertiary/aromatic N) is 2. The third kappa shape index (κ3) is 3.44. The highest BCUT2D eigenvalue weighted by molar-refractivity contribution is 7.90. The topological polar surface area (TPSA) is 144 Å². The monoisotopic (exact) mass is 367 g/mol. The Kier molecular flexibility index (Phi) is 4.17. The molecule has 10 heteroatoms. The molecule has 4 N–H and O–H groups in total. The van der Waals surface area contributed by atoms with Gasteiger partial charge in [-0.2, -0.15) is 0 Å². The first kappa shape index (κ1) is 17.2. The van der Waals surface area contributed by atoms with E-state index in [-0.39, 0.29) is 41.1 Å². The molecule has 0 fully saturated rings. The normalized spacial score (nSPS) is 15.1. The van der Waals surface area contributed by atoms with Crippen molar-refractivity contribution in [3.05, 3.63) is 39.3 Å². The number of benzene rings is 1. The zero-order valence-electron chi connectivity index (χ0n) is 13.4. The van der Waals surface area contributed by atoms with Crippen LogP contribution in [-0.2, 0) is 29.3 Å². The van der Waals surface area contributed by atoms with Crippen LogP contribution < -0.4 is 5.56 Å². The number of sulfone groups is 1. The van der Waals surface area contributed by atoms with Crippen LogP contribution in [-0.4, -0.2) is 51.4 Å². The van der Waals surface area contributed by atoms with Crippen molar-refractivity contribution >= 4 is 9.84 Å². The van der Waals surface area contributed by atoms with Gasteiger partial charge in [0.05, 0.1) is 5.69 Å². The van der Waals surface area contributed by atoms with Gasteiger partial charge in [-0.05, 0) is 6.42 Å². The second-order valence-corrected chi connectivity index (χ2v) is 7.92. The van der Waals surface area contributed by atoms with E-state index < -0.39 is 15.4 Å². The molecular weight excluding hydrogens is 350 g/mol. The minimum atomic E-state index is -3.65. The van der Waals surface area contributed by atoms with E-state index >= 15 is 0 Å². The van der Waals surface area contributed by atoms with Crippen LogP contribution in [0, 0.1) is 0 Å². The summed E-state index contributed by atoms with van der Waals surface area (Å²) in [4.78, 5) is 20.2. The Balaban J connectivity index is 1.91. The molecule has 0 aliphatic carbocycles. The summed E-state index contributed by atoms with van der Waals surface area (Å²) in [6.07, 6.45) is 1.33. The van der Waals surface area contributed by atoms with Crippen LogP contribution in [0.4, 0.5) is 0 Å². The Hall–Kier alpha value is -2.59. The van der Waals surface area contributed by atoms with Gasteiger partial charge < -0.3 is 15.3 Å². The number of phenols is 3. The third-order valence-corrected chi connectivity index (χ3v) is 4.95. The lowest BCUT2D eigenvalue weighted by molar-refractivity contribution is 0.232. The van der Waals surface area contributed by atoms with Crippen molar-refractivity contribution in [3.8, 4) is 17.2 Å². The van der Waals surface area contributed by atoms with Crippen LogP contribution in [0.3, 0.4) is 0 Å². The summed E-state index contributed by atoms with van der Waals surface area (Å²) in [6, 6.07) is 2.25. The molecule has 1 aromatic heterocycles. The van der Waals surface area contributed by atoms with Crippen molar-refractivity contribution in [2.45, 2.75) is 24.7 Å². The maximum absolute atomic E-state index is 12.1. The maximum atomic E-state index is 12.1. The molecule has 0 atom stereocenters. The molecule has 0 spiro atoms. The lowest BCUT2D eigenvalue weighted by Gasteiger charge is -2.28. The highest BCUT2D eigenvalue weighted by Crippen LogP contribution is 2.33. The van der Waals surface area contributed by atoms with Crippen molar-refractivity contribution in [1.82, 2.24) is 14.9 Å². The highest BCUT2D eigenvalue weighted by atomic mass is 32.2. The van der Waals surface area contributed by atoms with Gasteiger partial charge in [-0.25, -0.2) is 13.4 Å². The van der Waals surface area contributed by atoms with Gasteiger partial charge in [0.1, 0.15) is 17.2 Å². The summed E-state index contributed by atoms with van der Waals surface area (Å²) in [5.74, 6) is -0.758. The van der Waals surface area contributed by atoms with Crippen LogP contribution >= 0.6 is 0 Å².